The highest BCUT2D eigenvalue weighted by atomic mass is 16.3. The van der Waals surface area contributed by atoms with Crippen LogP contribution >= 0.6 is 0 Å². The molecule has 12 rings (SSSR count). The molecule has 0 atom stereocenters. The first-order chi connectivity index (χ1) is 30.2. The van der Waals surface area contributed by atoms with E-state index in [4.69, 9.17) is 8.83 Å². The van der Waals surface area contributed by atoms with E-state index in [1.54, 1.807) is 0 Å². The maximum atomic E-state index is 7.05. The van der Waals surface area contributed by atoms with Crippen molar-refractivity contribution in [2.75, 3.05) is 0 Å². The smallest absolute Gasteiger partial charge is 0.144 e. The first-order valence-electron chi connectivity index (χ1n) is 21.6. The summed E-state index contributed by atoms with van der Waals surface area (Å²) in [5.41, 5.74) is 22.0. The van der Waals surface area contributed by atoms with Gasteiger partial charge in [0.1, 0.15) is 22.3 Å². The van der Waals surface area contributed by atoms with Gasteiger partial charge in [-0.15, -0.1) is 0 Å². The lowest BCUT2D eigenvalue weighted by molar-refractivity contribution is 0.600. The Hall–Kier alpha value is -7.42. The van der Waals surface area contributed by atoms with Gasteiger partial charge in [-0.05, 0) is 102 Å². The fourth-order valence-electron chi connectivity index (χ4n) is 11.3. The van der Waals surface area contributed by atoms with Crippen molar-refractivity contribution in [2.45, 2.75) is 38.5 Å². The van der Waals surface area contributed by atoms with Crippen LogP contribution < -0.4 is 0 Å². The van der Waals surface area contributed by atoms with Crippen molar-refractivity contribution >= 4 is 55.0 Å². The number of hydrogen-bond acceptors (Lipinski definition) is 2. The Bertz CT molecular complexity index is 3590. The van der Waals surface area contributed by atoms with Gasteiger partial charge in [0.05, 0.1) is 0 Å². The second-order valence-electron chi connectivity index (χ2n) is 18.0. The monoisotopic (exact) mass is 796 g/mol. The molecule has 0 bridgehead atoms. The molecule has 10 aromatic rings. The summed E-state index contributed by atoms with van der Waals surface area (Å²) in [6.07, 6.45) is 3.96. The average molecular weight is 797 g/mol. The predicted octanol–water partition coefficient (Wildman–Crippen LogP) is 16.7. The molecule has 62 heavy (non-hydrogen) atoms. The van der Waals surface area contributed by atoms with Crippen molar-refractivity contribution in [1.29, 1.82) is 0 Å². The normalized spacial score (nSPS) is 14.8. The fraction of sp³-hybridized carbons (Fsp3) is 0.100. The molecule has 0 unspecified atom stereocenters. The first-order valence-corrected chi connectivity index (χ1v) is 21.6. The molecule has 2 nitrogen and oxygen atoms in total. The minimum absolute atomic E-state index is 0.357. The van der Waals surface area contributed by atoms with E-state index in [1.165, 1.54) is 61.0 Å². The number of furan rings is 2. The van der Waals surface area contributed by atoms with Gasteiger partial charge in [-0.3, -0.25) is 0 Å². The van der Waals surface area contributed by atoms with Crippen LogP contribution in [0.3, 0.4) is 0 Å². The van der Waals surface area contributed by atoms with E-state index >= 15 is 0 Å². The summed E-state index contributed by atoms with van der Waals surface area (Å²) in [6.45, 7) is 18.4. The molecule has 0 aliphatic heterocycles. The summed E-state index contributed by atoms with van der Waals surface area (Å²) in [4.78, 5) is 0. The third-order valence-corrected chi connectivity index (χ3v) is 14.0. The number of fused-ring (bicyclic) bond motifs is 15. The van der Waals surface area contributed by atoms with Gasteiger partial charge >= 0.3 is 0 Å². The second-order valence-corrected chi connectivity index (χ2v) is 18.0. The van der Waals surface area contributed by atoms with Crippen molar-refractivity contribution in [3.05, 3.63) is 216 Å². The van der Waals surface area contributed by atoms with Gasteiger partial charge in [-0.2, -0.15) is 0 Å². The van der Waals surface area contributed by atoms with Crippen LogP contribution in [0, 0.1) is 0 Å². The zero-order chi connectivity index (χ0) is 42.1. The molecule has 0 spiro atoms. The van der Waals surface area contributed by atoms with Crippen LogP contribution in [0.1, 0.15) is 61.1 Å². The summed E-state index contributed by atoms with van der Waals surface area (Å²) >= 11 is 0. The van der Waals surface area contributed by atoms with E-state index in [1.807, 2.05) is 12.2 Å². The second kappa shape index (κ2) is 13.0. The third kappa shape index (κ3) is 4.81. The highest BCUT2D eigenvalue weighted by Crippen LogP contribution is 2.63. The molecule has 0 N–H and O–H groups in total. The first kappa shape index (κ1) is 36.4. The number of benzene rings is 8. The number of hydrogen-bond donors (Lipinski definition) is 0. The number of allylic oxidation sites excluding steroid dienone is 4. The van der Waals surface area contributed by atoms with Gasteiger partial charge in [-0.1, -0.05) is 186 Å². The fourth-order valence-corrected chi connectivity index (χ4v) is 11.3. The molecule has 8 aromatic carbocycles. The highest BCUT2D eigenvalue weighted by Gasteiger charge is 2.48. The van der Waals surface area contributed by atoms with Gasteiger partial charge in [0.25, 0.3) is 0 Å². The van der Waals surface area contributed by atoms with E-state index in [-0.39, 0.29) is 10.8 Å². The minimum atomic E-state index is -0.384. The lowest BCUT2D eigenvalue weighted by Gasteiger charge is -2.31. The molecular formula is C60H44O2. The molecule has 0 amide bonds. The van der Waals surface area contributed by atoms with Crippen LogP contribution in [0.15, 0.2) is 192 Å². The molecule has 0 saturated carbocycles. The minimum Gasteiger partial charge on any atom is -0.455 e. The van der Waals surface area contributed by atoms with E-state index in [0.29, 0.717) is 0 Å². The molecule has 0 radical (unpaired) electrons. The van der Waals surface area contributed by atoms with Crippen LogP contribution in [-0.4, -0.2) is 0 Å². The van der Waals surface area contributed by atoms with Crippen molar-refractivity contribution < 1.29 is 8.83 Å². The summed E-state index contributed by atoms with van der Waals surface area (Å²) < 4.78 is 14.0. The van der Waals surface area contributed by atoms with E-state index in [0.717, 1.165) is 71.9 Å². The summed E-state index contributed by atoms with van der Waals surface area (Å²) in [5.74, 6) is 0. The van der Waals surface area contributed by atoms with Crippen LogP contribution in [-0.2, 0) is 10.8 Å². The standard InChI is InChI=1S/C60H44O2/c1-7-37(35-21-11-9-12-22-35)38(8-2)45-33-48-53(58-51(45)41-27-17-19-29-49(41)62-58)44-32-31-43-52-47(59(3,4)55(43)56(44)60(48,5)6)34-46(57-54(52)42-28-18-20-30-50(42)61-57)40-26-16-15-25-39(40)36-23-13-10-14-24-36/h7-34H,1-2H2,3-6H3/b38-37-. The lowest BCUT2D eigenvalue weighted by atomic mass is 9.72. The van der Waals surface area contributed by atoms with Crippen molar-refractivity contribution in [3.63, 3.8) is 0 Å². The molecule has 296 valence electrons. The molecule has 2 aliphatic carbocycles. The van der Waals surface area contributed by atoms with Crippen LogP contribution in [0.5, 0.6) is 0 Å². The van der Waals surface area contributed by atoms with Crippen LogP contribution in [0.2, 0.25) is 0 Å². The Morgan fingerprint density at radius 2 is 0.968 bits per heavy atom. The van der Waals surface area contributed by atoms with Crippen LogP contribution in [0.25, 0.3) is 99.5 Å². The van der Waals surface area contributed by atoms with E-state index in [2.05, 4.69) is 199 Å². The SMILES string of the molecule is C=C/C(=C(\C=C)c1cc2c(c3oc4ccccc4c13)-c1ccc3c(c1C2(C)C)C(C)(C)c1cc(-c2ccccc2-c2ccccc2)c2oc4ccccc4c2c1-3)c1ccccc1. The Labute approximate surface area is 361 Å². The zero-order valence-electron chi connectivity index (χ0n) is 35.4. The maximum absolute atomic E-state index is 7.05. The molecule has 2 heterocycles. The third-order valence-electron chi connectivity index (χ3n) is 14.0. The maximum Gasteiger partial charge on any atom is 0.144 e. The Morgan fingerprint density at radius 3 is 1.61 bits per heavy atom. The van der Waals surface area contributed by atoms with Crippen molar-refractivity contribution in [3.8, 4) is 44.5 Å². The summed E-state index contributed by atoms with van der Waals surface area (Å²) in [7, 11) is 0. The summed E-state index contributed by atoms with van der Waals surface area (Å²) in [5, 5.41) is 4.51. The topological polar surface area (TPSA) is 26.3 Å². The quantitative estimate of drug-likeness (QED) is 0.124. The zero-order valence-corrected chi connectivity index (χ0v) is 35.4. The highest BCUT2D eigenvalue weighted by molar-refractivity contribution is 6.22. The molecule has 2 aliphatic rings. The molecule has 2 aromatic heterocycles. The number of para-hydroxylation sites is 2. The average Bonchev–Trinajstić information content (AvgIpc) is 4.01. The van der Waals surface area contributed by atoms with Crippen LogP contribution in [0.4, 0.5) is 0 Å². The summed E-state index contributed by atoms with van der Waals surface area (Å²) in [6, 6.07) is 56.6. The Kier molecular flexibility index (Phi) is 7.66. The number of rotatable bonds is 6. The molecular weight excluding hydrogens is 753 g/mol. The van der Waals surface area contributed by atoms with Gasteiger partial charge in [0.15, 0.2) is 0 Å². The van der Waals surface area contributed by atoms with E-state index < -0.39 is 0 Å². The van der Waals surface area contributed by atoms with Gasteiger partial charge in [0.2, 0.25) is 0 Å². The Balaban J connectivity index is 1.16. The van der Waals surface area contributed by atoms with Crippen molar-refractivity contribution in [2.24, 2.45) is 0 Å². The molecule has 0 fully saturated rings. The Morgan fingerprint density at radius 1 is 0.452 bits per heavy atom. The van der Waals surface area contributed by atoms with Crippen molar-refractivity contribution in [1.82, 2.24) is 0 Å². The molecule has 0 saturated heterocycles. The van der Waals surface area contributed by atoms with Gasteiger partial charge < -0.3 is 8.83 Å². The largest absolute Gasteiger partial charge is 0.455 e. The predicted molar refractivity (Wildman–Crippen MR) is 261 cm³/mol. The van der Waals surface area contributed by atoms with Gasteiger partial charge in [-0.25, -0.2) is 0 Å². The lowest BCUT2D eigenvalue weighted by Crippen LogP contribution is -2.24. The van der Waals surface area contributed by atoms with Gasteiger partial charge in [0, 0.05) is 43.5 Å². The van der Waals surface area contributed by atoms with E-state index in [9.17, 15) is 0 Å². The molecule has 2 heteroatoms.